The molecule has 0 spiro atoms. The van der Waals surface area contributed by atoms with Gasteiger partial charge in [-0.2, -0.15) is 13.2 Å². The largest absolute Gasteiger partial charge is 0.507 e. The Morgan fingerprint density at radius 1 is 1.05 bits per heavy atom. The number of unbranched alkanes of at least 4 members (excludes halogenated alkanes) is 1. The highest BCUT2D eigenvalue weighted by molar-refractivity contribution is 7.66. The molecule has 0 aromatic heterocycles. The molecule has 1 aliphatic rings. The number of carbonyl (C=O) groups excluding carboxylic acids is 2. The van der Waals surface area contributed by atoms with Crippen LogP contribution < -0.4 is 5.32 Å². The fourth-order valence-corrected chi connectivity index (χ4v) is 8.85. The van der Waals surface area contributed by atoms with Gasteiger partial charge < -0.3 is 34.3 Å². The summed E-state index contributed by atoms with van der Waals surface area (Å²) in [6.07, 6.45) is -7.03. The monoisotopic (exact) mass is 652 g/mol. The highest BCUT2D eigenvalue weighted by atomic mass is 31.2. The van der Waals surface area contributed by atoms with E-state index in [2.05, 4.69) is 5.32 Å². The number of ether oxygens (including phenoxy) is 3. The first-order valence-corrected chi connectivity index (χ1v) is 16.3. The number of hydrogen-bond acceptors (Lipinski definition) is 9. The second-order valence-corrected chi connectivity index (χ2v) is 16.0. The Labute approximate surface area is 255 Å². The second-order valence-electron chi connectivity index (χ2n) is 12.7. The number of hydrogen-bond donors (Lipinski definition) is 3. The van der Waals surface area contributed by atoms with Crippen LogP contribution >= 0.6 is 7.14 Å². The molecule has 11 nitrogen and oxygen atoms in total. The number of carboxylic acids is 1. The average Bonchev–Trinajstić information content (AvgIpc) is 2.85. The third-order valence-corrected chi connectivity index (χ3v) is 11.0. The summed E-state index contributed by atoms with van der Waals surface area (Å²) in [7, 11) is -4.03. The van der Waals surface area contributed by atoms with Gasteiger partial charge >= 0.3 is 24.3 Å². The van der Waals surface area contributed by atoms with E-state index >= 15 is 0 Å². The number of carbonyl (C=O) groups is 3. The first kappa shape index (κ1) is 37.4. The first-order valence-electron chi connectivity index (χ1n) is 14.4. The molecule has 1 aliphatic heterocycles. The van der Waals surface area contributed by atoms with Gasteiger partial charge in [0.15, 0.2) is 0 Å². The van der Waals surface area contributed by atoms with Crippen LogP contribution in [0.25, 0.3) is 0 Å². The van der Waals surface area contributed by atoms with Crippen molar-refractivity contribution in [1.29, 1.82) is 0 Å². The van der Waals surface area contributed by atoms with Gasteiger partial charge in [-0.25, -0.2) is 14.5 Å². The lowest BCUT2D eigenvalue weighted by atomic mass is 10.00. The van der Waals surface area contributed by atoms with Crippen LogP contribution in [-0.2, 0) is 29.7 Å². The number of imide groups is 1. The van der Waals surface area contributed by atoms with Gasteiger partial charge in [-0.05, 0) is 85.4 Å². The standard InChI is InChI=1S/C29H44F3N2O9P/c1-8-41-22(19-11-12-21(35)20(17-19)29(30,31)32)44(40)16-14-33-18-28(44,23(36)37)13-9-10-15-34(24(38)42-26(2,3)4)25(39)43-27(5,6)7/h11-12,17,22,33,35H,8-10,13-16,18H2,1-7H3,(H,36,37). The van der Waals surface area contributed by atoms with Crippen molar-refractivity contribution in [3.8, 4) is 5.75 Å². The topological polar surface area (TPSA) is 152 Å². The summed E-state index contributed by atoms with van der Waals surface area (Å²) in [5.41, 5.74) is -3.35. The lowest BCUT2D eigenvalue weighted by Gasteiger charge is -2.45. The van der Waals surface area contributed by atoms with Crippen LogP contribution in [0.4, 0.5) is 22.8 Å². The lowest BCUT2D eigenvalue weighted by Crippen LogP contribution is -2.53. The van der Waals surface area contributed by atoms with E-state index in [0.717, 1.165) is 17.0 Å². The summed E-state index contributed by atoms with van der Waals surface area (Å²) in [6, 6.07) is 2.62. The zero-order chi connectivity index (χ0) is 33.7. The number of phenols is 1. The fourth-order valence-electron chi connectivity index (χ4n) is 4.98. The molecule has 2 amide bonds. The molecule has 15 heteroatoms. The Bertz CT molecular complexity index is 1220. The summed E-state index contributed by atoms with van der Waals surface area (Å²) in [5, 5.41) is 21.4. The number of nitrogens with one attached hydrogen (secondary N) is 1. The molecule has 1 saturated heterocycles. The quantitative estimate of drug-likeness (QED) is 0.187. The third-order valence-electron chi connectivity index (χ3n) is 6.93. The van der Waals surface area contributed by atoms with E-state index in [4.69, 9.17) is 14.2 Å². The summed E-state index contributed by atoms with van der Waals surface area (Å²) in [5.74, 6) is -3.93. The minimum Gasteiger partial charge on any atom is -0.507 e. The Balaban J connectivity index is 2.42. The van der Waals surface area contributed by atoms with Crippen LogP contribution in [-0.4, -0.2) is 82.0 Å². The van der Waals surface area contributed by atoms with Crippen LogP contribution in [0.1, 0.15) is 84.7 Å². The van der Waals surface area contributed by atoms with E-state index in [1.165, 1.54) is 0 Å². The molecule has 0 bridgehead atoms. The van der Waals surface area contributed by atoms with Crippen molar-refractivity contribution in [2.45, 2.75) is 96.1 Å². The molecule has 2 rings (SSSR count). The molecule has 3 unspecified atom stereocenters. The van der Waals surface area contributed by atoms with Gasteiger partial charge in [0, 0.05) is 32.4 Å². The van der Waals surface area contributed by atoms with Crippen molar-refractivity contribution in [1.82, 2.24) is 10.2 Å². The van der Waals surface area contributed by atoms with Crippen LogP contribution in [0.3, 0.4) is 0 Å². The average molecular weight is 653 g/mol. The SMILES string of the molecule is CCOC(c1ccc(O)c(C(F)(F)F)c1)P1(=O)CCNCC1(CCCCN(C(=O)OC(C)(C)C)C(=O)OC(C)(C)C)C(=O)O. The van der Waals surface area contributed by atoms with Gasteiger partial charge in [-0.1, -0.05) is 6.07 Å². The molecule has 1 aromatic carbocycles. The smallest absolute Gasteiger partial charge is 0.419 e. The summed E-state index contributed by atoms with van der Waals surface area (Å²) < 4.78 is 72.2. The van der Waals surface area contributed by atoms with E-state index in [1.54, 1.807) is 48.5 Å². The molecule has 250 valence electrons. The molecular weight excluding hydrogens is 608 g/mol. The maximum atomic E-state index is 14.9. The van der Waals surface area contributed by atoms with Crippen LogP contribution in [0.2, 0.25) is 0 Å². The predicted octanol–water partition coefficient (Wildman–Crippen LogP) is 6.58. The molecule has 0 aliphatic carbocycles. The van der Waals surface area contributed by atoms with E-state index in [-0.39, 0.29) is 57.2 Å². The molecule has 1 heterocycles. The predicted molar refractivity (Wildman–Crippen MR) is 156 cm³/mol. The number of carboxylic acid groups (broad SMARTS) is 1. The number of phenolic OH excluding ortho intramolecular Hbond substituents is 1. The zero-order valence-corrected chi connectivity index (χ0v) is 27.1. The van der Waals surface area contributed by atoms with Gasteiger partial charge in [0.1, 0.15) is 35.1 Å². The van der Waals surface area contributed by atoms with Gasteiger partial charge in [0.25, 0.3) is 0 Å². The molecule has 3 N–H and O–H groups in total. The third kappa shape index (κ3) is 9.10. The van der Waals surface area contributed by atoms with E-state index in [9.17, 15) is 42.3 Å². The van der Waals surface area contributed by atoms with E-state index < -0.39 is 65.0 Å². The number of aromatic hydroxyl groups is 1. The second kappa shape index (κ2) is 14.1. The van der Waals surface area contributed by atoms with Crippen molar-refractivity contribution in [2.75, 3.05) is 32.4 Å². The highest BCUT2D eigenvalue weighted by Gasteiger charge is 2.59. The highest BCUT2D eigenvalue weighted by Crippen LogP contribution is 2.70. The molecular formula is C29H44F3N2O9P. The van der Waals surface area contributed by atoms with Crippen molar-refractivity contribution in [3.63, 3.8) is 0 Å². The van der Waals surface area contributed by atoms with Gasteiger partial charge in [-0.3, -0.25) is 4.79 Å². The Morgan fingerprint density at radius 3 is 2.09 bits per heavy atom. The molecule has 1 fully saturated rings. The molecule has 1 aromatic rings. The molecule has 3 atom stereocenters. The maximum absolute atomic E-state index is 14.9. The van der Waals surface area contributed by atoms with Crippen molar-refractivity contribution < 1.29 is 56.5 Å². The van der Waals surface area contributed by atoms with E-state index in [0.29, 0.717) is 6.07 Å². The molecule has 0 saturated carbocycles. The van der Waals surface area contributed by atoms with Crippen LogP contribution in [0.5, 0.6) is 5.75 Å². The summed E-state index contributed by atoms with van der Waals surface area (Å²) in [6.45, 7) is 11.0. The van der Waals surface area contributed by atoms with Crippen molar-refractivity contribution >= 4 is 25.3 Å². The first-order chi connectivity index (χ1) is 20.1. The minimum absolute atomic E-state index is 0.0687. The zero-order valence-electron chi connectivity index (χ0n) is 26.2. The van der Waals surface area contributed by atoms with Crippen LogP contribution in [0, 0.1) is 0 Å². The summed E-state index contributed by atoms with van der Waals surface area (Å²) in [4.78, 5) is 39.4. The lowest BCUT2D eigenvalue weighted by molar-refractivity contribution is -0.141. The Kier molecular flexibility index (Phi) is 12.0. The number of amides is 2. The number of aliphatic carboxylic acids is 1. The van der Waals surface area contributed by atoms with Gasteiger partial charge in [0.05, 0.1) is 5.56 Å². The summed E-state index contributed by atoms with van der Waals surface area (Å²) >= 11 is 0. The molecule has 44 heavy (non-hydrogen) atoms. The number of alkyl halides is 3. The Hall–Kier alpha value is -2.83. The number of benzene rings is 1. The normalized spacial score (nSPS) is 21.8. The Morgan fingerprint density at radius 2 is 1.61 bits per heavy atom. The van der Waals surface area contributed by atoms with Crippen LogP contribution in [0.15, 0.2) is 18.2 Å². The van der Waals surface area contributed by atoms with Crippen molar-refractivity contribution in [3.05, 3.63) is 29.3 Å². The number of nitrogens with zero attached hydrogens (tertiary/aromatic N) is 1. The molecule has 0 radical (unpaired) electrons. The van der Waals surface area contributed by atoms with Crippen molar-refractivity contribution in [2.24, 2.45) is 0 Å². The van der Waals surface area contributed by atoms with E-state index in [1.807, 2.05) is 0 Å². The van der Waals surface area contributed by atoms with Gasteiger partial charge in [-0.15, -0.1) is 0 Å². The number of rotatable bonds is 10. The fraction of sp³-hybridized carbons (Fsp3) is 0.690. The minimum atomic E-state index is -4.92. The van der Waals surface area contributed by atoms with Gasteiger partial charge in [0.2, 0.25) is 0 Å². The number of halogens is 3. The maximum Gasteiger partial charge on any atom is 0.419 e.